The van der Waals surface area contributed by atoms with Gasteiger partial charge in [-0.1, -0.05) is 18.2 Å². The molecule has 282 valence electrons. The lowest BCUT2D eigenvalue weighted by atomic mass is 9.83. The van der Waals surface area contributed by atoms with Crippen LogP contribution in [0.1, 0.15) is 91.1 Å². The van der Waals surface area contributed by atoms with Crippen LogP contribution in [-0.4, -0.2) is 77.3 Å². The Bertz CT molecular complexity index is 2310. The number of fused-ring (bicyclic) bond motifs is 2. The maximum atomic E-state index is 16.1. The lowest BCUT2D eigenvalue weighted by Gasteiger charge is -2.38. The number of hydrogen-bond acceptors (Lipinski definition) is 8. The summed E-state index contributed by atoms with van der Waals surface area (Å²) in [6.07, 6.45) is 4.35. The van der Waals surface area contributed by atoms with Crippen molar-refractivity contribution in [3.63, 3.8) is 0 Å². The van der Waals surface area contributed by atoms with Gasteiger partial charge in [0.05, 0.1) is 23.3 Å². The molecule has 0 bridgehead atoms. The number of para-hydroxylation sites is 1. The summed E-state index contributed by atoms with van der Waals surface area (Å²) in [5.74, 6) is -1.19. The topological polar surface area (TPSA) is 149 Å². The number of pyridine rings is 2. The number of benzene rings is 1. The van der Waals surface area contributed by atoms with Gasteiger partial charge >= 0.3 is 5.69 Å². The van der Waals surface area contributed by atoms with Crippen molar-refractivity contribution in [3.8, 4) is 0 Å². The fourth-order valence-electron chi connectivity index (χ4n) is 8.52. The average molecular weight is 744 g/mol. The van der Waals surface area contributed by atoms with Crippen LogP contribution in [0.3, 0.4) is 0 Å². The molecule has 16 heteroatoms. The Labute approximate surface area is 307 Å². The fourth-order valence-corrected chi connectivity index (χ4v) is 8.52. The van der Waals surface area contributed by atoms with Crippen LogP contribution >= 0.6 is 0 Å². The molecule has 5 aromatic rings. The first kappa shape index (κ1) is 35.6. The average Bonchev–Trinajstić information content (AvgIpc) is 3.70. The Morgan fingerprint density at radius 2 is 1.83 bits per heavy atom. The maximum Gasteiger partial charge on any atom is 0.329 e. The largest absolute Gasteiger partial charge is 0.329 e. The summed E-state index contributed by atoms with van der Waals surface area (Å²) in [5.41, 5.74) is 1.68. The summed E-state index contributed by atoms with van der Waals surface area (Å²) in [6, 6.07) is 10.5. The molecule has 0 radical (unpaired) electrons. The van der Waals surface area contributed by atoms with Crippen molar-refractivity contribution in [2.45, 2.75) is 75.5 Å². The number of imide groups is 1. The molecule has 2 aliphatic heterocycles. The second kappa shape index (κ2) is 14.5. The molecule has 54 heavy (non-hydrogen) atoms. The third-order valence-electron chi connectivity index (χ3n) is 11.3. The van der Waals surface area contributed by atoms with E-state index in [0.29, 0.717) is 35.4 Å². The van der Waals surface area contributed by atoms with Crippen LogP contribution in [0.4, 0.5) is 19.0 Å². The second-order valence-electron chi connectivity index (χ2n) is 14.7. The zero-order chi connectivity index (χ0) is 37.7. The van der Waals surface area contributed by atoms with Crippen molar-refractivity contribution >= 4 is 45.5 Å². The maximum absolute atomic E-state index is 16.1. The van der Waals surface area contributed by atoms with Crippen molar-refractivity contribution < 1.29 is 27.6 Å². The second-order valence-corrected chi connectivity index (χ2v) is 14.7. The van der Waals surface area contributed by atoms with Gasteiger partial charge in [0.25, 0.3) is 12.3 Å². The standard InChI is InChI=1S/C38H40F3N9O4/c1-47-34-25(4-2-7-30(34)50(38(47)54)31-12-13-33(51)45-37(31)53)24-14-15-48(20-26(24)39)18-21-8-10-23(11-9-21)49-19-22-16-32(42-17-29(22)46-49)44-36(52)28-6-3-5-27(43-28)35(40)41/h2-7,16-17,19,21,23-24,26,31,35H,8-15,18,20H2,1H3,(H,44,52)(H,45,51,53)/t21?,23?,24-,26-,31?/m0/s1. The van der Waals surface area contributed by atoms with E-state index in [2.05, 4.69) is 25.5 Å². The number of aryl methyl sites for hydroxylation is 1. The number of halogens is 3. The number of nitrogens with zero attached hydrogens (tertiary/aromatic N) is 7. The van der Waals surface area contributed by atoms with Gasteiger partial charge in [-0.2, -0.15) is 5.10 Å². The zero-order valence-corrected chi connectivity index (χ0v) is 29.6. The van der Waals surface area contributed by atoms with Crippen LogP contribution in [0.5, 0.6) is 0 Å². The first-order chi connectivity index (χ1) is 26.0. The molecule has 8 rings (SSSR count). The Balaban J connectivity index is 0.874. The Kier molecular flexibility index (Phi) is 9.54. The molecule has 3 atom stereocenters. The lowest BCUT2D eigenvalue weighted by Crippen LogP contribution is -2.44. The third kappa shape index (κ3) is 6.78. The van der Waals surface area contributed by atoms with Crippen LogP contribution < -0.4 is 16.3 Å². The Morgan fingerprint density at radius 3 is 2.59 bits per heavy atom. The minimum atomic E-state index is -2.78. The van der Waals surface area contributed by atoms with Crippen LogP contribution in [0.2, 0.25) is 0 Å². The van der Waals surface area contributed by atoms with E-state index >= 15 is 4.39 Å². The van der Waals surface area contributed by atoms with Crippen LogP contribution in [0.15, 0.2) is 59.7 Å². The molecule has 2 N–H and O–H groups in total. The van der Waals surface area contributed by atoms with Gasteiger partial charge in [-0.15, -0.1) is 0 Å². The predicted octanol–water partition coefficient (Wildman–Crippen LogP) is 5.21. The first-order valence-electron chi connectivity index (χ1n) is 18.4. The predicted molar refractivity (Wildman–Crippen MR) is 193 cm³/mol. The smallest absolute Gasteiger partial charge is 0.305 e. The molecule has 2 saturated heterocycles. The van der Waals surface area contributed by atoms with Gasteiger partial charge in [-0.25, -0.2) is 27.9 Å². The molecule has 3 aliphatic rings. The minimum absolute atomic E-state index is 0.126. The molecule has 6 heterocycles. The summed E-state index contributed by atoms with van der Waals surface area (Å²) in [6.45, 7) is 1.83. The molecule has 1 unspecified atom stereocenters. The van der Waals surface area contributed by atoms with Gasteiger partial charge in [0.15, 0.2) is 0 Å². The van der Waals surface area contributed by atoms with Gasteiger partial charge in [0, 0.05) is 44.1 Å². The molecule has 1 aromatic carbocycles. The fraction of sp³-hybridized carbons (Fsp3) is 0.447. The van der Waals surface area contributed by atoms with Crippen molar-refractivity contribution in [3.05, 3.63) is 82.3 Å². The number of anilines is 1. The van der Waals surface area contributed by atoms with E-state index in [1.807, 2.05) is 23.0 Å². The Hall–Kier alpha value is -5.38. The Morgan fingerprint density at radius 1 is 1.04 bits per heavy atom. The first-order valence-corrected chi connectivity index (χ1v) is 18.4. The summed E-state index contributed by atoms with van der Waals surface area (Å²) in [4.78, 5) is 60.7. The van der Waals surface area contributed by atoms with E-state index < -0.39 is 42.1 Å². The SMILES string of the molecule is Cn1c(=O)n(C2CCC(=O)NC2=O)c2cccc([C@@H]3CCN(CC4CCC(n5cc6cc(NC(=O)c7cccc(C(F)F)n7)ncc6n5)CC4)C[C@@H]3F)c21. The van der Waals surface area contributed by atoms with Gasteiger partial charge in [0.1, 0.15) is 34.9 Å². The van der Waals surface area contributed by atoms with Crippen LogP contribution in [-0.2, 0) is 16.6 Å². The van der Waals surface area contributed by atoms with E-state index in [4.69, 9.17) is 5.10 Å². The summed E-state index contributed by atoms with van der Waals surface area (Å²) < 4.78 is 47.0. The molecule has 3 amide bonds. The molecular formula is C38H40F3N9O4. The number of amides is 3. The minimum Gasteiger partial charge on any atom is -0.305 e. The highest BCUT2D eigenvalue weighted by atomic mass is 19.3. The van der Waals surface area contributed by atoms with Gasteiger partial charge in [-0.05, 0) is 80.8 Å². The number of hydrogen-bond donors (Lipinski definition) is 2. The van der Waals surface area contributed by atoms with Crippen molar-refractivity contribution in [2.24, 2.45) is 13.0 Å². The summed E-state index contributed by atoms with van der Waals surface area (Å²) >= 11 is 0. The number of piperidine rings is 2. The van der Waals surface area contributed by atoms with E-state index in [9.17, 15) is 28.0 Å². The van der Waals surface area contributed by atoms with E-state index in [1.54, 1.807) is 25.4 Å². The number of aromatic nitrogens is 6. The molecule has 13 nitrogen and oxygen atoms in total. The number of nitrogens with one attached hydrogen (secondary N) is 2. The quantitative estimate of drug-likeness (QED) is 0.206. The highest BCUT2D eigenvalue weighted by molar-refractivity contribution is 6.03. The number of likely N-dealkylation sites (tertiary alicyclic amines) is 1. The molecule has 1 saturated carbocycles. The van der Waals surface area contributed by atoms with Crippen LogP contribution in [0.25, 0.3) is 21.9 Å². The summed E-state index contributed by atoms with van der Waals surface area (Å²) in [7, 11) is 1.65. The molecule has 4 aromatic heterocycles. The lowest BCUT2D eigenvalue weighted by molar-refractivity contribution is -0.135. The van der Waals surface area contributed by atoms with Gasteiger partial charge < -0.3 is 10.2 Å². The number of alkyl halides is 3. The number of carbonyl (C=O) groups excluding carboxylic acids is 3. The van der Waals surface area contributed by atoms with E-state index in [1.165, 1.54) is 27.3 Å². The van der Waals surface area contributed by atoms with Crippen molar-refractivity contribution in [2.75, 3.05) is 25.0 Å². The molecular weight excluding hydrogens is 703 g/mol. The third-order valence-corrected chi connectivity index (χ3v) is 11.3. The normalized spacial score (nSPS) is 24.0. The summed E-state index contributed by atoms with van der Waals surface area (Å²) in [5, 5.41) is 10.5. The molecule has 0 spiro atoms. The van der Waals surface area contributed by atoms with Crippen molar-refractivity contribution in [1.82, 2.24) is 39.1 Å². The number of rotatable bonds is 8. The van der Waals surface area contributed by atoms with E-state index in [0.717, 1.165) is 49.7 Å². The van der Waals surface area contributed by atoms with Gasteiger partial charge in [0.2, 0.25) is 11.8 Å². The molecule has 1 aliphatic carbocycles. The highest BCUT2D eigenvalue weighted by Crippen LogP contribution is 2.38. The van der Waals surface area contributed by atoms with E-state index in [-0.39, 0.29) is 42.0 Å². The van der Waals surface area contributed by atoms with Crippen molar-refractivity contribution in [1.29, 1.82) is 0 Å². The zero-order valence-electron chi connectivity index (χ0n) is 29.6. The number of carbonyl (C=O) groups is 3. The van der Waals surface area contributed by atoms with Gasteiger partial charge in [-0.3, -0.25) is 33.5 Å². The van der Waals surface area contributed by atoms with Crippen LogP contribution in [0, 0.1) is 5.92 Å². The monoisotopic (exact) mass is 743 g/mol. The highest BCUT2D eigenvalue weighted by Gasteiger charge is 2.36. The molecule has 3 fully saturated rings. The number of imidazole rings is 1.